The molecule has 1 atom stereocenters. The van der Waals surface area contributed by atoms with Gasteiger partial charge in [-0.2, -0.15) is 0 Å². The van der Waals surface area contributed by atoms with Crippen molar-refractivity contribution < 1.29 is 14.8 Å². The standard InChI is InChI=1S/C18H16BrN3O4/c1-10-12(3-2-4-16(10)21-18(23)24)15(9-22(25)26)14-8-20-17-7-11(19)5-6-13(14)17/h2-8,15,20-21H,9H2,1H3,(H,23,24). The number of fused-ring (bicyclic) bond motifs is 1. The van der Waals surface area contributed by atoms with Gasteiger partial charge in [0.1, 0.15) is 0 Å². The number of carboxylic acid groups (broad SMARTS) is 1. The predicted octanol–water partition coefficient (Wildman–Crippen LogP) is 4.74. The molecule has 1 heterocycles. The highest BCUT2D eigenvalue weighted by Crippen LogP contribution is 2.35. The second kappa shape index (κ2) is 7.17. The molecule has 0 saturated carbocycles. The van der Waals surface area contributed by atoms with Crippen molar-refractivity contribution >= 4 is 38.6 Å². The first-order valence-corrected chi connectivity index (χ1v) is 8.64. The van der Waals surface area contributed by atoms with E-state index in [1.165, 1.54) is 0 Å². The van der Waals surface area contributed by atoms with Crippen molar-refractivity contribution in [2.24, 2.45) is 0 Å². The van der Waals surface area contributed by atoms with E-state index in [0.717, 1.165) is 26.5 Å². The van der Waals surface area contributed by atoms with E-state index >= 15 is 0 Å². The van der Waals surface area contributed by atoms with Crippen molar-refractivity contribution in [1.82, 2.24) is 4.98 Å². The van der Waals surface area contributed by atoms with E-state index in [1.807, 2.05) is 18.2 Å². The van der Waals surface area contributed by atoms with Crippen LogP contribution in [0.2, 0.25) is 0 Å². The molecule has 0 radical (unpaired) electrons. The highest BCUT2D eigenvalue weighted by atomic mass is 79.9. The lowest BCUT2D eigenvalue weighted by Crippen LogP contribution is -2.16. The quantitative estimate of drug-likeness (QED) is 0.411. The molecule has 8 heteroatoms. The van der Waals surface area contributed by atoms with Gasteiger partial charge in [0.2, 0.25) is 6.54 Å². The Kier molecular flexibility index (Phi) is 4.94. The molecule has 1 unspecified atom stereocenters. The fraction of sp³-hybridized carbons (Fsp3) is 0.167. The second-order valence-electron chi connectivity index (χ2n) is 5.95. The Morgan fingerprint density at radius 2 is 2.12 bits per heavy atom. The maximum atomic E-state index is 11.3. The highest BCUT2D eigenvalue weighted by Gasteiger charge is 2.25. The summed E-state index contributed by atoms with van der Waals surface area (Å²) in [5, 5.41) is 23.6. The van der Waals surface area contributed by atoms with Crippen molar-refractivity contribution in [3.8, 4) is 0 Å². The molecule has 134 valence electrons. The van der Waals surface area contributed by atoms with Gasteiger partial charge in [-0.15, -0.1) is 0 Å². The molecule has 0 bridgehead atoms. The van der Waals surface area contributed by atoms with E-state index in [1.54, 1.807) is 31.3 Å². The first-order valence-electron chi connectivity index (χ1n) is 7.84. The van der Waals surface area contributed by atoms with E-state index in [4.69, 9.17) is 5.11 Å². The number of hydrogen-bond donors (Lipinski definition) is 3. The van der Waals surface area contributed by atoms with Crippen LogP contribution in [0.4, 0.5) is 10.5 Å². The summed E-state index contributed by atoms with van der Waals surface area (Å²) in [5.41, 5.74) is 3.50. The normalized spacial score (nSPS) is 12.1. The van der Waals surface area contributed by atoms with Crippen LogP contribution in [0.15, 0.2) is 47.1 Å². The SMILES string of the molecule is Cc1c(NC(=O)O)cccc1C(C[N+](=O)[O-])c1c[nH]c2cc(Br)ccc12. The van der Waals surface area contributed by atoms with Crippen LogP contribution in [0.3, 0.4) is 0 Å². The summed E-state index contributed by atoms with van der Waals surface area (Å²) in [4.78, 5) is 25.1. The zero-order chi connectivity index (χ0) is 18.8. The summed E-state index contributed by atoms with van der Waals surface area (Å²) in [6.07, 6.45) is 0.607. The first kappa shape index (κ1) is 17.9. The number of aromatic amines is 1. The minimum atomic E-state index is -1.17. The Bertz CT molecular complexity index is 999. The van der Waals surface area contributed by atoms with Crippen molar-refractivity contribution in [3.63, 3.8) is 0 Å². The summed E-state index contributed by atoms with van der Waals surface area (Å²) in [7, 11) is 0. The van der Waals surface area contributed by atoms with E-state index < -0.39 is 12.0 Å². The van der Waals surface area contributed by atoms with Crippen LogP contribution in [-0.2, 0) is 0 Å². The molecule has 3 N–H and O–H groups in total. The van der Waals surface area contributed by atoms with Crippen LogP contribution >= 0.6 is 15.9 Å². The molecule has 0 fully saturated rings. The fourth-order valence-corrected chi connectivity index (χ4v) is 3.57. The van der Waals surface area contributed by atoms with Crippen molar-refractivity contribution in [2.45, 2.75) is 12.8 Å². The van der Waals surface area contributed by atoms with Gasteiger partial charge in [0, 0.05) is 32.2 Å². The number of H-pyrrole nitrogens is 1. The number of benzene rings is 2. The molecule has 26 heavy (non-hydrogen) atoms. The Morgan fingerprint density at radius 3 is 2.81 bits per heavy atom. The van der Waals surface area contributed by atoms with Crippen LogP contribution in [-0.4, -0.2) is 27.7 Å². The third kappa shape index (κ3) is 3.55. The van der Waals surface area contributed by atoms with Crippen molar-refractivity contribution in [2.75, 3.05) is 11.9 Å². The molecule has 1 aromatic heterocycles. The molecule has 2 aromatic carbocycles. The van der Waals surface area contributed by atoms with Crippen LogP contribution in [0.25, 0.3) is 10.9 Å². The summed E-state index contributed by atoms with van der Waals surface area (Å²) in [5.74, 6) is -0.504. The van der Waals surface area contributed by atoms with Crippen LogP contribution in [0.5, 0.6) is 0 Å². The summed E-state index contributed by atoms with van der Waals surface area (Å²) < 4.78 is 0.910. The fourth-order valence-electron chi connectivity index (χ4n) is 3.20. The maximum Gasteiger partial charge on any atom is 0.409 e. The predicted molar refractivity (Wildman–Crippen MR) is 103 cm³/mol. The summed E-state index contributed by atoms with van der Waals surface area (Å²) >= 11 is 3.42. The molecule has 0 aliphatic heterocycles. The Labute approximate surface area is 157 Å². The van der Waals surface area contributed by atoms with E-state index in [-0.39, 0.29) is 11.5 Å². The maximum absolute atomic E-state index is 11.3. The molecular formula is C18H16BrN3O4. The molecule has 0 spiro atoms. The zero-order valence-electron chi connectivity index (χ0n) is 13.8. The van der Waals surface area contributed by atoms with E-state index in [9.17, 15) is 14.9 Å². The number of nitro groups is 1. The highest BCUT2D eigenvalue weighted by molar-refractivity contribution is 9.10. The number of aromatic nitrogens is 1. The summed E-state index contributed by atoms with van der Waals surface area (Å²) in [6, 6.07) is 10.9. The monoisotopic (exact) mass is 417 g/mol. The Balaban J connectivity index is 2.15. The van der Waals surface area contributed by atoms with Gasteiger partial charge in [0.05, 0.1) is 5.92 Å². The molecule has 3 rings (SSSR count). The van der Waals surface area contributed by atoms with Crippen LogP contribution < -0.4 is 5.32 Å². The number of rotatable bonds is 5. The van der Waals surface area contributed by atoms with Gasteiger partial charge in [-0.05, 0) is 41.8 Å². The lowest BCUT2D eigenvalue weighted by atomic mass is 9.87. The van der Waals surface area contributed by atoms with E-state index in [0.29, 0.717) is 11.3 Å². The van der Waals surface area contributed by atoms with Gasteiger partial charge in [-0.1, -0.05) is 34.1 Å². The number of nitrogens with one attached hydrogen (secondary N) is 2. The molecule has 7 nitrogen and oxygen atoms in total. The van der Waals surface area contributed by atoms with Crippen molar-refractivity contribution in [3.05, 3.63) is 73.9 Å². The minimum absolute atomic E-state index is 0.291. The first-order chi connectivity index (χ1) is 12.4. The van der Waals surface area contributed by atoms with Crippen LogP contribution in [0, 0.1) is 17.0 Å². The molecule has 1 amide bonds. The molecule has 0 aliphatic carbocycles. The number of carbonyl (C=O) groups is 1. The number of halogens is 1. The van der Waals surface area contributed by atoms with Crippen LogP contribution in [0.1, 0.15) is 22.6 Å². The van der Waals surface area contributed by atoms with Gasteiger partial charge in [-0.25, -0.2) is 4.79 Å². The lowest BCUT2D eigenvalue weighted by Gasteiger charge is -2.18. The summed E-state index contributed by atoms with van der Waals surface area (Å²) in [6.45, 7) is 1.47. The lowest BCUT2D eigenvalue weighted by molar-refractivity contribution is -0.481. The molecule has 0 aliphatic rings. The smallest absolute Gasteiger partial charge is 0.409 e. The second-order valence-corrected chi connectivity index (χ2v) is 6.87. The van der Waals surface area contributed by atoms with Gasteiger partial charge >= 0.3 is 6.09 Å². The topological polar surface area (TPSA) is 108 Å². The van der Waals surface area contributed by atoms with Gasteiger partial charge in [0.15, 0.2) is 0 Å². The molecule has 0 saturated heterocycles. The zero-order valence-corrected chi connectivity index (χ0v) is 15.4. The third-order valence-electron chi connectivity index (χ3n) is 4.38. The number of nitrogens with zero attached hydrogens (tertiary/aromatic N) is 1. The van der Waals surface area contributed by atoms with Gasteiger partial charge in [-0.3, -0.25) is 15.4 Å². The number of hydrogen-bond acceptors (Lipinski definition) is 3. The number of anilines is 1. The average molecular weight is 418 g/mol. The average Bonchev–Trinajstić information content (AvgIpc) is 2.97. The van der Waals surface area contributed by atoms with Gasteiger partial charge in [0.25, 0.3) is 0 Å². The largest absolute Gasteiger partial charge is 0.465 e. The minimum Gasteiger partial charge on any atom is -0.465 e. The molecular weight excluding hydrogens is 402 g/mol. The Morgan fingerprint density at radius 1 is 1.35 bits per heavy atom. The Hall–Kier alpha value is -2.87. The molecule has 3 aromatic rings. The van der Waals surface area contributed by atoms with E-state index in [2.05, 4.69) is 26.2 Å². The third-order valence-corrected chi connectivity index (χ3v) is 4.87. The van der Waals surface area contributed by atoms with Gasteiger partial charge < -0.3 is 10.1 Å². The van der Waals surface area contributed by atoms with Crippen molar-refractivity contribution in [1.29, 1.82) is 0 Å². The number of amides is 1.